The fourth-order valence-corrected chi connectivity index (χ4v) is 3.64. The molecule has 0 radical (unpaired) electrons. The zero-order valence-electron chi connectivity index (χ0n) is 11.0. The fraction of sp³-hybridized carbons (Fsp3) is 0.786. The van der Waals surface area contributed by atoms with E-state index in [1.165, 1.54) is 42.8 Å². The van der Waals surface area contributed by atoms with Gasteiger partial charge in [0.2, 0.25) is 0 Å². The summed E-state index contributed by atoms with van der Waals surface area (Å²) in [6.45, 7) is 5.21. The maximum Gasteiger partial charge on any atom is 0.0897 e. The number of nitrogens with two attached hydrogens (primary N) is 1. The molecule has 0 atom stereocenters. The Morgan fingerprint density at radius 3 is 2.65 bits per heavy atom. The van der Waals surface area contributed by atoms with Gasteiger partial charge in [-0.25, -0.2) is 4.98 Å². The van der Waals surface area contributed by atoms with Gasteiger partial charge in [-0.3, -0.25) is 0 Å². The molecular formula is C14H24N2S. The molecule has 96 valence electrons. The molecule has 1 aromatic heterocycles. The van der Waals surface area contributed by atoms with Crippen LogP contribution in [0.5, 0.6) is 0 Å². The summed E-state index contributed by atoms with van der Waals surface area (Å²) in [5.41, 5.74) is 7.65. The molecule has 0 bridgehead atoms. The summed E-state index contributed by atoms with van der Waals surface area (Å²) in [4.78, 5) is 4.60. The maximum absolute atomic E-state index is 6.06. The molecule has 2 nitrogen and oxygen atoms in total. The molecule has 1 aliphatic carbocycles. The molecule has 0 amide bonds. The van der Waals surface area contributed by atoms with Crippen molar-refractivity contribution in [1.29, 1.82) is 0 Å². The number of hydrogen-bond donors (Lipinski definition) is 1. The molecule has 17 heavy (non-hydrogen) atoms. The van der Waals surface area contributed by atoms with Crippen LogP contribution in [0.1, 0.15) is 49.7 Å². The van der Waals surface area contributed by atoms with Crippen molar-refractivity contribution in [1.82, 2.24) is 4.98 Å². The summed E-state index contributed by atoms with van der Waals surface area (Å²) >= 11 is 1.76. The first kappa shape index (κ1) is 13.0. The molecule has 3 heteroatoms. The highest BCUT2D eigenvalue weighted by Gasteiger charge is 2.34. The Bertz CT molecular complexity index is 351. The fourth-order valence-electron chi connectivity index (χ4n) is 3.02. The number of hydrogen-bond acceptors (Lipinski definition) is 3. The lowest BCUT2D eigenvalue weighted by molar-refractivity contribution is 0.152. The Morgan fingerprint density at radius 1 is 1.47 bits per heavy atom. The van der Waals surface area contributed by atoms with E-state index in [0.717, 1.165) is 18.9 Å². The van der Waals surface area contributed by atoms with Crippen LogP contribution in [0, 0.1) is 18.3 Å². The van der Waals surface area contributed by atoms with E-state index in [1.807, 2.05) is 0 Å². The first-order chi connectivity index (χ1) is 8.17. The van der Waals surface area contributed by atoms with Crippen LogP contribution in [0.3, 0.4) is 0 Å². The molecule has 0 unspecified atom stereocenters. The van der Waals surface area contributed by atoms with Crippen molar-refractivity contribution in [2.24, 2.45) is 17.1 Å². The Balaban J connectivity index is 2.01. The number of rotatable bonds is 4. The Labute approximate surface area is 109 Å². The molecule has 2 rings (SSSR count). The summed E-state index contributed by atoms with van der Waals surface area (Å²) in [6, 6.07) is 0. The van der Waals surface area contributed by atoms with E-state index in [0.29, 0.717) is 5.41 Å². The Kier molecular flexibility index (Phi) is 4.21. The summed E-state index contributed by atoms with van der Waals surface area (Å²) in [5.74, 6) is 0.937. The van der Waals surface area contributed by atoms with Gasteiger partial charge >= 0.3 is 0 Å². The zero-order valence-corrected chi connectivity index (χ0v) is 11.9. The van der Waals surface area contributed by atoms with Crippen LogP contribution in [0.15, 0.2) is 5.38 Å². The highest BCUT2D eigenvalue weighted by atomic mass is 32.1. The van der Waals surface area contributed by atoms with Crippen molar-refractivity contribution in [2.45, 2.75) is 52.4 Å². The molecule has 0 spiro atoms. The van der Waals surface area contributed by atoms with Crippen molar-refractivity contribution in [3.8, 4) is 0 Å². The molecule has 1 fully saturated rings. The minimum atomic E-state index is 0.339. The first-order valence-electron chi connectivity index (χ1n) is 6.78. The number of nitrogens with zero attached hydrogens (tertiary/aromatic N) is 1. The predicted octanol–water partition coefficient (Wildman–Crippen LogP) is 3.54. The van der Waals surface area contributed by atoms with Gasteiger partial charge in [0.1, 0.15) is 0 Å². The van der Waals surface area contributed by atoms with Gasteiger partial charge in [-0.05, 0) is 56.9 Å². The van der Waals surface area contributed by atoms with Crippen molar-refractivity contribution in [3.05, 3.63) is 16.1 Å². The number of thiazole rings is 1. The van der Waals surface area contributed by atoms with Gasteiger partial charge in [0.05, 0.1) is 10.7 Å². The third-order valence-corrected chi connectivity index (χ3v) is 5.22. The molecular weight excluding hydrogens is 228 g/mol. The SMILES string of the molecule is CCC1CCC(CN)(Cc2csc(C)n2)CC1. The van der Waals surface area contributed by atoms with Crippen molar-refractivity contribution < 1.29 is 0 Å². The molecule has 1 aromatic rings. The highest BCUT2D eigenvalue weighted by molar-refractivity contribution is 7.09. The Hall–Kier alpha value is -0.410. The van der Waals surface area contributed by atoms with Crippen LogP contribution in [0.4, 0.5) is 0 Å². The van der Waals surface area contributed by atoms with E-state index >= 15 is 0 Å². The van der Waals surface area contributed by atoms with Gasteiger partial charge in [0.25, 0.3) is 0 Å². The topological polar surface area (TPSA) is 38.9 Å². The summed E-state index contributed by atoms with van der Waals surface area (Å²) < 4.78 is 0. The summed E-state index contributed by atoms with van der Waals surface area (Å²) in [6.07, 6.45) is 7.71. The van der Waals surface area contributed by atoms with Gasteiger partial charge < -0.3 is 5.73 Å². The number of aryl methyl sites for hydroxylation is 1. The normalized spacial score (nSPS) is 29.5. The second-order valence-electron chi connectivity index (χ2n) is 5.59. The van der Waals surface area contributed by atoms with Gasteiger partial charge in [0, 0.05) is 5.38 Å². The van der Waals surface area contributed by atoms with Crippen LogP contribution in [-0.4, -0.2) is 11.5 Å². The van der Waals surface area contributed by atoms with Crippen LogP contribution in [0.2, 0.25) is 0 Å². The third-order valence-electron chi connectivity index (χ3n) is 4.40. The van der Waals surface area contributed by atoms with Crippen molar-refractivity contribution in [2.75, 3.05) is 6.54 Å². The molecule has 0 saturated heterocycles. The van der Waals surface area contributed by atoms with E-state index in [-0.39, 0.29) is 0 Å². The molecule has 1 heterocycles. The summed E-state index contributed by atoms with van der Waals surface area (Å²) in [5, 5.41) is 3.38. The van der Waals surface area contributed by atoms with Crippen LogP contribution < -0.4 is 5.73 Å². The predicted molar refractivity (Wildman–Crippen MR) is 74.3 cm³/mol. The van der Waals surface area contributed by atoms with Crippen molar-refractivity contribution >= 4 is 11.3 Å². The van der Waals surface area contributed by atoms with E-state index < -0.39 is 0 Å². The van der Waals surface area contributed by atoms with E-state index in [9.17, 15) is 0 Å². The van der Waals surface area contributed by atoms with Crippen LogP contribution in [0.25, 0.3) is 0 Å². The molecule has 2 N–H and O–H groups in total. The standard InChI is InChI=1S/C14H24N2S/c1-3-12-4-6-14(10-15,7-5-12)8-13-9-17-11(2)16-13/h9,12H,3-8,10,15H2,1-2H3. The lowest BCUT2D eigenvalue weighted by atomic mass is 9.67. The van der Waals surface area contributed by atoms with Crippen LogP contribution >= 0.6 is 11.3 Å². The molecule has 1 saturated carbocycles. The minimum Gasteiger partial charge on any atom is -0.330 e. The average molecular weight is 252 g/mol. The highest BCUT2D eigenvalue weighted by Crippen LogP contribution is 2.41. The largest absolute Gasteiger partial charge is 0.330 e. The maximum atomic E-state index is 6.06. The molecule has 0 aromatic carbocycles. The molecule has 1 aliphatic rings. The van der Waals surface area contributed by atoms with Crippen LogP contribution in [-0.2, 0) is 6.42 Å². The second-order valence-corrected chi connectivity index (χ2v) is 6.65. The van der Waals surface area contributed by atoms with E-state index in [1.54, 1.807) is 11.3 Å². The lowest BCUT2D eigenvalue weighted by Gasteiger charge is -2.39. The van der Waals surface area contributed by atoms with Crippen molar-refractivity contribution in [3.63, 3.8) is 0 Å². The van der Waals surface area contributed by atoms with Gasteiger partial charge in [-0.1, -0.05) is 13.3 Å². The zero-order chi connectivity index (χ0) is 12.3. The van der Waals surface area contributed by atoms with Gasteiger partial charge in [-0.15, -0.1) is 11.3 Å². The Morgan fingerprint density at radius 2 is 2.18 bits per heavy atom. The quantitative estimate of drug-likeness (QED) is 0.890. The third kappa shape index (κ3) is 3.08. The van der Waals surface area contributed by atoms with Gasteiger partial charge in [0.15, 0.2) is 0 Å². The lowest BCUT2D eigenvalue weighted by Crippen LogP contribution is -2.36. The minimum absolute atomic E-state index is 0.339. The van der Waals surface area contributed by atoms with Gasteiger partial charge in [-0.2, -0.15) is 0 Å². The second kappa shape index (κ2) is 5.49. The van der Waals surface area contributed by atoms with E-state index in [4.69, 9.17) is 5.73 Å². The first-order valence-corrected chi connectivity index (χ1v) is 7.66. The van der Waals surface area contributed by atoms with E-state index in [2.05, 4.69) is 24.2 Å². The summed E-state index contributed by atoms with van der Waals surface area (Å²) in [7, 11) is 0. The monoisotopic (exact) mass is 252 g/mol. The smallest absolute Gasteiger partial charge is 0.0897 e. The molecule has 0 aliphatic heterocycles. The number of aromatic nitrogens is 1. The average Bonchev–Trinajstić information content (AvgIpc) is 2.75.